The van der Waals surface area contributed by atoms with Gasteiger partial charge in [0.25, 0.3) is 0 Å². The van der Waals surface area contributed by atoms with Crippen LogP contribution in [0.25, 0.3) is 0 Å². The van der Waals surface area contributed by atoms with E-state index in [0.29, 0.717) is 6.54 Å². The molecular weight excluding hydrogens is 240 g/mol. The Bertz CT molecular complexity index is 390. The van der Waals surface area contributed by atoms with Gasteiger partial charge in [-0.15, -0.1) is 0 Å². The number of likely N-dealkylation sites (N-methyl/N-ethyl adjacent to an activating group) is 1. The Labute approximate surface area is 115 Å². The average molecular weight is 264 g/mol. The van der Waals surface area contributed by atoms with Crippen molar-refractivity contribution in [2.45, 2.75) is 32.7 Å². The largest absolute Gasteiger partial charge is 0.508 e. The van der Waals surface area contributed by atoms with Crippen molar-refractivity contribution in [2.75, 3.05) is 20.1 Å². The first-order valence-electron chi connectivity index (χ1n) is 6.85. The first-order valence-corrected chi connectivity index (χ1v) is 6.85. The minimum absolute atomic E-state index is 0.0330. The standard InChI is InChI=1S/C15H24N2O2/c1-4-10-17(11-15(19)16-3)14(5-2)12-6-8-13(18)9-7-12/h6-9,14,18H,4-5,10-11H2,1-3H3,(H,16,19). The maximum absolute atomic E-state index is 11.6. The van der Waals surface area contributed by atoms with Gasteiger partial charge < -0.3 is 10.4 Å². The zero-order valence-corrected chi connectivity index (χ0v) is 12.0. The van der Waals surface area contributed by atoms with Crippen molar-refractivity contribution >= 4 is 5.91 Å². The van der Waals surface area contributed by atoms with Crippen molar-refractivity contribution in [1.82, 2.24) is 10.2 Å². The third-order valence-corrected chi connectivity index (χ3v) is 3.24. The number of rotatable bonds is 7. The van der Waals surface area contributed by atoms with E-state index >= 15 is 0 Å². The first kappa shape index (κ1) is 15.5. The summed E-state index contributed by atoms with van der Waals surface area (Å²) in [4.78, 5) is 13.8. The fourth-order valence-electron chi connectivity index (χ4n) is 2.30. The maximum Gasteiger partial charge on any atom is 0.233 e. The lowest BCUT2D eigenvalue weighted by Gasteiger charge is -2.30. The van der Waals surface area contributed by atoms with Gasteiger partial charge in [-0.1, -0.05) is 26.0 Å². The van der Waals surface area contributed by atoms with Crippen LogP contribution in [0.2, 0.25) is 0 Å². The van der Waals surface area contributed by atoms with Crippen LogP contribution in [0.1, 0.15) is 38.3 Å². The van der Waals surface area contributed by atoms with Gasteiger partial charge in [-0.2, -0.15) is 0 Å². The van der Waals surface area contributed by atoms with E-state index in [-0.39, 0.29) is 17.7 Å². The van der Waals surface area contributed by atoms with Crippen molar-refractivity contribution in [3.63, 3.8) is 0 Å². The number of carbonyl (C=O) groups is 1. The molecule has 0 saturated carbocycles. The second-order valence-electron chi connectivity index (χ2n) is 4.66. The highest BCUT2D eigenvalue weighted by molar-refractivity contribution is 5.77. The molecule has 0 aliphatic heterocycles. The lowest BCUT2D eigenvalue weighted by molar-refractivity contribution is -0.122. The number of amides is 1. The van der Waals surface area contributed by atoms with Gasteiger partial charge in [0.05, 0.1) is 6.54 Å². The molecular formula is C15H24N2O2. The van der Waals surface area contributed by atoms with E-state index in [1.807, 2.05) is 12.1 Å². The Hall–Kier alpha value is -1.55. The molecule has 0 fully saturated rings. The molecule has 2 N–H and O–H groups in total. The monoisotopic (exact) mass is 264 g/mol. The van der Waals surface area contributed by atoms with E-state index in [0.717, 1.165) is 24.9 Å². The lowest BCUT2D eigenvalue weighted by Crippen LogP contribution is -2.38. The molecule has 0 aromatic heterocycles. The van der Waals surface area contributed by atoms with Gasteiger partial charge in [0, 0.05) is 13.1 Å². The highest BCUT2D eigenvalue weighted by Crippen LogP contribution is 2.25. The van der Waals surface area contributed by atoms with Crippen LogP contribution in [0.4, 0.5) is 0 Å². The highest BCUT2D eigenvalue weighted by atomic mass is 16.3. The van der Waals surface area contributed by atoms with Crippen LogP contribution in [0, 0.1) is 0 Å². The molecule has 1 amide bonds. The van der Waals surface area contributed by atoms with Gasteiger partial charge in [-0.25, -0.2) is 0 Å². The van der Waals surface area contributed by atoms with E-state index in [2.05, 4.69) is 24.1 Å². The molecule has 106 valence electrons. The number of nitrogens with zero attached hydrogens (tertiary/aromatic N) is 1. The van der Waals surface area contributed by atoms with Gasteiger partial charge in [0.1, 0.15) is 5.75 Å². The van der Waals surface area contributed by atoms with E-state index < -0.39 is 0 Å². The summed E-state index contributed by atoms with van der Waals surface area (Å²) < 4.78 is 0. The number of hydrogen-bond donors (Lipinski definition) is 2. The van der Waals surface area contributed by atoms with Gasteiger partial charge in [0.2, 0.25) is 5.91 Å². The molecule has 0 aliphatic rings. The summed E-state index contributed by atoms with van der Waals surface area (Å²) in [5, 5.41) is 12.0. The van der Waals surface area contributed by atoms with Crippen LogP contribution in [0.15, 0.2) is 24.3 Å². The Morgan fingerprint density at radius 1 is 1.32 bits per heavy atom. The van der Waals surface area contributed by atoms with Crippen molar-refractivity contribution in [3.8, 4) is 5.75 Å². The molecule has 1 atom stereocenters. The van der Waals surface area contributed by atoms with Crippen LogP contribution in [-0.2, 0) is 4.79 Å². The number of phenolic OH excluding ortho intramolecular Hbond substituents is 1. The maximum atomic E-state index is 11.6. The topological polar surface area (TPSA) is 52.6 Å². The summed E-state index contributed by atoms with van der Waals surface area (Å²) in [6, 6.07) is 7.45. The molecule has 1 aromatic rings. The average Bonchev–Trinajstić information content (AvgIpc) is 2.41. The summed E-state index contributed by atoms with van der Waals surface area (Å²) in [6.07, 6.45) is 1.94. The molecule has 1 aromatic carbocycles. The molecule has 0 aliphatic carbocycles. The van der Waals surface area contributed by atoms with Crippen LogP contribution in [-0.4, -0.2) is 36.1 Å². The van der Waals surface area contributed by atoms with Crippen LogP contribution < -0.4 is 5.32 Å². The number of nitrogens with one attached hydrogen (secondary N) is 1. The fourth-order valence-corrected chi connectivity index (χ4v) is 2.30. The van der Waals surface area contributed by atoms with E-state index in [4.69, 9.17) is 0 Å². The second kappa shape index (κ2) is 7.79. The minimum Gasteiger partial charge on any atom is -0.508 e. The third-order valence-electron chi connectivity index (χ3n) is 3.24. The Balaban J connectivity index is 2.88. The van der Waals surface area contributed by atoms with Crippen molar-refractivity contribution in [2.24, 2.45) is 0 Å². The number of benzene rings is 1. The van der Waals surface area contributed by atoms with Crippen molar-refractivity contribution in [1.29, 1.82) is 0 Å². The van der Waals surface area contributed by atoms with Gasteiger partial charge in [0.15, 0.2) is 0 Å². The Kier molecular flexibility index (Phi) is 6.36. The summed E-state index contributed by atoms with van der Waals surface area (Å²) in [7, 11) is 1.66. The summed E-state index contributed by atoms with van der Waals surface area (Å²) in [5.41, 5.74) is 1.14. The summed E-state index contributed by atoms with van der Waals surface area (Å²) >= 11 is 0. The lowest BCUT2D eigenvalue weighted by atomic mass is 10.0. The van der Waals surface area contributed by atoms with E-state index in [9.17, 15) is 9.90 Å². The number of hydrogen-bond acceptors (Lipinski definition) is 3. The summed E-state index contributed by atoms with van der Waals surface area (Å²) in [5.74, 6) is 0.303. The molecule has 0 saturated heterocycles. The van der Waals surface area contributed by atoms with E-state index in [1.165, 1.54) is 0 Å². The number of aromatic hydroxyl groups is 1. The minimum atomic E-state index is 0.0330. The zero-order chi connectivity index (χ0) is 14.3. The number of phenols is 1. The van der Waals surface area contributed by atoms with Gasteiger partial charge >= 0.3 is 0 Å². The molecule has 1 unspecified atom stereocenters. The SMILES string of the molecule is CCCN(CC(=O)NC)C(CC)c1ccc(O)cc1. The fraction of sp³-hybridized carbons (Fsp3) is 0.533. The van der Waals surface area contributed by atoms with Gasteiger partial charge in [-0.05, 0) is 37.1 Å². The highest BCUT2D eigenvalue weighted by Gasteiger charge is 2.20. The molecule has 0 heterocycles. The smallest absolute Gasteiger partial charge is 0.233 e. The third kappa shape index (κ3) is 4.56. The molecule has 0 radical (unpaired) electrons. The Morgan fingerprint density at radius 2 is 1.95 bits per heavy atom. The predicted octanol–water partition coefficient (Wildman–Crippen LogP) is 2.30. The van der Waals surface area contributed by atoms with Crippen molar-refractivity contribution < 1.29 is 9.90 Å². The molecule has 4 nitrogen and oxygen atoms in total. The zero-order valence-electron chi connectivity index (χ0n) is 12.0. The van der Waals surface area contributed by atoms with Crippen molar-refractivity contribution in [3.05, 3.63) is 29.8 Å². The van der Waals surface area contributed by atoms with Crippen LogP contribution in [0.3, 0.4) is 0 Å². The molecule has 19 heavy (non-hydrogen) atoms. The molecule has 0 bridgehead atoms. The van der Waals surface area contributed by atoms with Crippen LogP contribution in [0.5, 0.6) is 5.75 Å². The molecule has 0 spiro atoms. The predicted molar refractivity (Wildman–Crippen MR) is 77.1 cm³/mol. The number of carbonyl (C=O) groups excluding carboxylic acids is 1. The quantitative estimate of drug-likeness (QED) is 0.794. The Morgan fingerprint density at radius 3 is 2.42 bits per heavy atom. The molecule has 1 rings (SSSR count). The van der Waals surface area contributed by atoms with E-state index in [1.54, 1.807) is 19.2 Å². The first-order chi connectivity index (χ1) is 9.12. The molecule has 4 heteroatoms. The second-order valence-corrected chi connectivity index (χ2v) is 4.66. The summed E-state index contributed by atoms with van der Waals surface area (Å²) in [6.45, 7) is 5.51. The van der Waals surface area contributed by atoms with Gasteiger partial charge in [-0.3, -0.25) is 9.69 Å². The normalized spacial score (nSPS) is 12.4. The van der Waals surface area contributed by atoms with Crippen LogP contribution >= 0.6 is 0 Å².